The number of nitrogens with zero attached hydrogens (tertiary/aromatic N) is 1. The van der Waals surface area contributed by atoms with Crippen molar-refractivity contribution in [3.8, 4) is 0 Å². The van der Waals surface area contributed by atoms with Crippen LogP contribution in [0.3, 0.4) is 0 Å². The number of fused-ring (bicyclic) bond motifs is 3. The number of carbonyl (C=O) groups is 1. The Bertz CT molecular complexity index is 697. The van der Waals surface area contributed by atoms with Gasteiger partial charge in [-0.05, 0) is 23.8 Å². The highest BCUT2D eigenvalue weighted by Gasteiger charge is 2.35. The first-order chi connectivity index (χ1) is 9.61. The maximum Gasteiger partial charge on any atom is 0.326 e. The number of carboxylic acids is 1. The molecule has 1 atom stereocenters. The third-order valence-electron chi connectivity index (χ3n) is 3.70. The van der Waals surface area contributed by atoms with Gasteiger partial charge in [0.1, 0.15) is 6.04 Å². The minimum absolute atomic E-state index is 0.349. The van der Waals surface area contributed by atoms with Crippen LogP contribution in [0.25, 0.3) is 10.9 Å². The van der Waals surface area contributed by atoms with Crippen molar-refractivity contribution in [2.75, 3.05) is 0 Å². The molecule has 20 heavy (non-hydrogen) atoms. The molecule has 0 fully saturated rings. The molecule has 2 heterocycles. The van der Waals surface area contributed by atoms with Gasteiger partial charge in [0.15, 0.2) is 0 Å². The lowest BCUT2D eigenvalue weighted by Gasteiger charge is -2.33. The molecule has 6 N–H and O–H groups in total. The van der Waals surface area contributed by atoms with Crippen LogP contribution in [0, 0.1) is 0 Å². The van der Waals surface area contributed by atoms with Gasteiger partial charge in [0.2, 0.25) is 5.11 Å². The Hall–Kier alpha value is -2.12. The first kappa shape index (κ1) is 12.9. The van der Waals surface area contributed by atoms with Gasteiger partial charge in [-0.1, -0.05) is 18.2 Å². The zero-order valence-electron chi connectivity index (χ0n) is 10.7. The minimum atomic E-state index is -0.876. The number of rotatable bonds is 1. The lowest BCUT2D eigenvalue weighted by Crippen LogP contribution is -2.71. The summed E-state index contributed by atoms with van der Waals surface area (Å²) in [5.41, 5.74) is 5.72. The van der Waals surface area contributed by atoms with Crippen molar-refractivity contribution >= 4 is 34.2 Å². The van der Waals surface area contributed by atoms with E-state index in [9.17, 15) is 9.90 Å². The molecule has 0 radical (unpaired) electrons. The standard InChI is InChI=1S/C13H14N4O2S/c14-16-13(20)17-6-10-8(5-11(17)12(18)19)7-3-1-2-4-9(7)15-10/h1-4,11,15H,5-6,14H2,(H,16,20)(H,18,19)/p+1. The summed E-state index contributed by atoms with van der Waals surface area (Å²) in [4.78, 5) is 16.5. The largest absolute Gasteiger partial charge is 0.480 e. The Labute approximate surface area is 120 Å². The van der Waals surface area contributed by atoms with Gasteiger partial charge < -0.3 is 15.0 Å². The third-order valence-corrected chi connectivity index (χ3v) is 4.08. The van der Waals surface area contributed by atoms with Gasteiger partial charge in [0.25, 0.3) is 0 Å². The van der Waals surface area contributed by atoms with Crippen LogP contribution >= 0.6 is 12.2 Å². The summed E-state index contributed by atoms with van der Waals surface area (Å²) in [7, 11) is 0. The molecule has 0 amide bonds. The van der Waals surface area contributed by atoms with E-state index in [2.05, 4.69) is 16.3 Å². The van der Waals surface area contributed by atoms with E-state index in [4.69, 9.17) is 12.2 Å². The maximum atomic E-state index is 11.5. The second kappa shape index (κ2) is 4.77. The second-order valence-electron chi connectivity index (χ2n) is 4.80. The molecular weight excluding hydrogens is 276 g/mol. The Balaban J connectivity index is 2.08. The van der Waals surface area contributed by atoms with Crippen LogP contribution in [0.2, 0.25) is 0 Å². The number of hydrogen-bond donors (Lipinski definition) is 4. The van der Waals surface area contributed by atoms with Crippen molar-refractivity contribution in [1.82, 2.24) is 15.3 Å². The van der Waals surface area contributed by atoms with Crippen molar-refractivity contribution in [3.05, 3.63) is 35.5 Å². The molecular formula is C13H15N4O2S+. The minimum Gasteiger partial charge on any atom is -0.480 e. The van der Waals surface area contributed by atoms with E-state index in [1.165, 1.54) is 0 Å². The number of aromatic nitrogens is 1. The van der Waals surface area contributed by atoms with Crippen LogP contribution in [0.1, 0.15) is 11.3 Å². The summed E-state index contributed by atoms with van der Waals surface area (Å²) < 4.78 is 0. The van der Waals surface area contributed by atoms with Gasteiger partial charge >= 0.3 is 5.97 Å². The van der Waals surface area contributed by atoms with Gasteiger partial charge in [0.05, 0.1) is 6.54 Å². The van der Waals surface area contributed by atoms with Crippen molar-refractivity contribution in [3.63, 3.8) is 0 Å². The van der Waals surface area contributed by atoms with E-state index >= 15 is 0 Å². The van der Waals surface area contributed by atoms with E-state index in [0.29, 0.717) is 18.1 Å². The molecule has 2 aromatic rings. The smallest absolute Gasteiger partial charge is 0.326 e. The highest BCUT2D eigenvalue weighted by atomic mass is 32.1. The first-order valence-corrected chi connectivity index (χ1v) is 6.67. The van der Waals surface area contributed by atoms with Crippen LogP contribution in [0.15, 0.2) is 24.3 Å². The van der Waals surface area contributed by atoms with Gasteiger partial charge in [-0.15, -0.1) is 0 Å². The Morgan fingerprint density at radius 2 is 2.25 bits per heavy atom. The zero-order chi connectivity index (χ0) is 14.3. The SMILES string of the molecule is [NH3+]NC(=S)N1Cc2[nH]c3ccccc3c2CC1C(=O)O. The number of hydrogen-bond acceptors (Lipinski definition) is 2. The van der Waals surface area contributed by atoms with Crippen molar-refractivity contribution in [1.29, 1.82) is 0 Å². The average molecular weight is 291 g/mol. The fourth-order valence-electron chi connectivity index (χ4n) is 2.74. The maximum absolute atomic E-state index is 11.5. The van der Waals surface area contributed by atoms with Crippen LogP contribution in [-0.4, -0.2) is 32.1 Å². The highest BCUT2D eigenvalue weighted by Crippen LogP contribution is 2.30. The Kier molecular flexibility index (Phi) is 3.07. The third kappa shape index (κ3) is 1.91. The van der Waals surface area contributed by atoms with Crippen LogP contribution in [0.5, 0.6) is 0 Å². The quantitative estimate of drug-likeness (QED) is 0.438. The van der Waals surface area contributed by atoms with E-state index in [-0.39, 0.29) is 0 Å². The van der Waals surface area contributed by atoms with Crippen molar-refractivity contribution < 1.29 is 15.7 Å². The normalized spacial score (nSPS) is 17.9. The Morgan fingerprint density at radius 3 is 2.95 bits per heavy atom. The molecule has 1 unspecified atom stereocenters. The van der Waals surface area contributed by atoms with E-state index in [1.807, 2.05) is 24.3 Å². The lowest BCUT2D eigenvalue weighted by molar-refractivity contribution is -0.420. The number of H-pyrrole nitrogens is 1. The van der Waals surface area contributed by atoms with Crippen LogP contribution < -0.4 is 11.3 Å². The predicted molar refractivity (Wildman–Crippen MR) is 77.6 cm³/mol. The van der Waals surface area contributed by atoms with Crippen LogP contribution in [-0.2, 0) is 17.8 Å². The van der Waals surface area contributed by atoms with Gasteiger partial charge in [-0.3, -0.25) is 5.84 Å². The molecule has 0 saturated heterocycles. The number of benzene rings is 1. The Morgan fingerprint density at radius 1 is 1.50 bits per heavy atom. The number of nitrogens with one attached hydrogen (secondary N) is 2. The van der Waals surface area contributed by atoms with Gasteiger partial charge in [0, 0.05) is 23.0 Å². The van der Waals surface area contributed by atoms with E-state index < -0.39 is 12.0 Å². The first-order valence-electron chi connectivity index (χ1n) is 6.26. The molecule has 1 aliphatic heterocycles. The molecule has 6 nitrogen and oxygen atoms in total. The number of aliphatic carboxylic acids is 1. The van der Waals surface area contributed by atoms with E-state index in [1.54, 1.807) is 4.90 Å². The molecule has 1 aliphatic rings. The molecule has 0 saturated carbocycles. The van der Waals surface area contributed by atoms with Gasteiger partial charge in [-0.2, -0.15) is 0 Å². The molecule has 7 heteroatoms. The summed E-state index contributed by atoms with van der Waals surface area (Å²) in [6.45, 7) is 0.447. The number of para-hydroxylation sites is 1. The zero-order valence-corrected chi connectivity index (χ0v) is 11.5. The molecule has 104 valence electrons. The summed E-state index contributed by atoms with van der Waals surface area (Å²) in [6, 6.07) is 7.26. The fraction of sp³-hybridized carbons (Fsp3) is 0.231. The highest BCUT2D eigenvalue weighted by molar-refractivity contribution is 7.80. The van der Waals surface area contributed by atoms with E-state index in [0.717, 1.165) is 22.2 Å². The summed E-state index contributed by atoms with van der Waals surface area (Å²) in [6.07, 6.45) is 0.427. The summed E-state index contributed by atoms with van der Waals surface area (Å²) in [5, 5.41) is 10.9. The lowest BCUT2D eigenvalue weighted by atomic mass is 9.97. The number of quaternary nitrogens is 1. The monoisotopic (exact) mass is 291 g/mol. The molecule has 0 aliphatic carbocycles. The summed E-state index contributed by atoms with van der Waals surface area (Å²) >= 11 is 5.16. The van der Waals surface area contributed by atoms with Crippen LogP contribution in [0.4, 0.5) is 0 Å². The topological polar surface area (TPSA) is 96.0 Å². The van der Waals surface area contributed by atoms with Gasteiger partial charge in [-0.25, -0.2) is 10.2 Å². The molecule has 1 aromatic heterocycles. The van der Waals surface area contributed by atoms with Crippen molar-refractivity contribution in [2.24, 2.45) is 0 Å². The fourth-order valence-corrected chi connectivity index (χ4v) is 2.94. The van der Waals surface area contributed by atoms with Crippen molar-refractivity contribution in [2.45, 2.75) is 19.0 Å². The number of carboxylic acid groups (broad SMARTS) is 1. The molecule has 3 rings (SSSR count). The average Bonchev–Trinajstić information content (AvgIpc) is 2.82. The predicted octanol–water partition coefficient (Wildman–Crippen LogP) is 0.0106. The number of aromatic amines is 1. The molecule has 0 bridgehead atoms. The number of thiocarbonyl (C=S) groups is 1. The summed E-state index contributed by atoms with van der Waals surface area (Å²) in [5.74, 6) is 2.64. The second-order valence-corrected chi connectivity index (χ2v) is 5.18. The molecule has 1 aromatic carbocycles. The molecule has 0 spiro atoms.